The highest BCUT2D eigenvalue weighted by Crippen LogP contribution is 2.37. The zero-order chi connectivity index (χ0) is 16.1. The van der Waals surface area contributed by atoms with Gasteiger partial charge in [0.25, 0.3) is 0 Å². The molecule has 21 heavy (non-hydrogen) atoms. The van der Waals surface area contributed by atoms with Crippen LogP contribution in [0, 0.1) is 0 Å². The molecule has 118 valence electrons. The van der Waals surface area contributed by atoms with Crippen molar-refractivity contribution in [1.29, 1.82) is 0 Å². The molecule has 0 aromatic carbocycles. The number of pyridine rings is 1. The minimum absolute atomic E-state index is 0.237. The minimum Gasteiger partial charge on any atom is -0.416 e. The third-order valence-electron chi connectivity index (χ3n) is 4.33. The first kappa shape index (κ1) is 18.6. The molecule has 0 amide bonds. The second-order valence-electron chi connectivity index (χ2n) is 7.02. The Balaban J connectivity index is 2.82. The molecule has 0 saturated heterocycles. The Morgan fingerprint density at radius 3 is 2.57 bits per heavy atom. The molecule has 0 aliphatic rings. The highest BCUT2D eigenvalue weighted by molar-refractivity contribution is 9.10. The lowest BCUT2D eigenvalue weighted by Crippen LogP contribution is -2.41. The Morgan fingerprint density at radius 2 is 2.05 bits per heavy atom. The van der Waals surface area contributed by atoms with Crippen LogP contribution in [-0.2, 0) is 4.43 Å². The van der Waals surface area contributed by atoms with Crippen molar-refractivity contribution in [1.82, 2.24) is 4.98 Å². The largest absolute Gasteiger partial charge is 0.416 e. The average molecular weight is 370 g/mol. The number of hydrogen-bond acceptors (Lipinski definition) is 2. The van der Waals surface area contributed by atoms with Gasteiger partial charge in [-0.2, -0.15) is 0 Å². The van der Waals surface area contributed by atoms with Crippen molar-refractivity contribution in [2.45, 2.75) is 57.7 Å². The van der Waals surface area contributed by atoms with E-state index >= 15 is 0 Å². The maximum absolute atomic E-state index is 6.40. The summed E-state index contributed by atoms with van der Waals surface area (Å²) in [7, 11) is -1.72. The zero-order valence-corrected chi connectivity index (χ0v) is 16.5. The third kappa shape index (κ3) is 5.68. The Morgan fingerprint density at radius 1 is 1.38 bits per heavy atom. The first-order valence-corrected chi connectivity index (χ1v) is 11.2. The molecule has 0 fully saturated rings. The summed E-state index contributed by atoms with van der Waals surface area (Å²) in [5, 5.41) is 0.237. The molecule has 0 bridgehead atoms. The third-order valence-corrected chi connectivity index (χ3v) is 9.27. The van der Waals surface area contributed by atoms with E-state index in [2.05, 4.69) is 67.4 Å². The summed E-state index contributed by atoms with van der Waals surface area (Å²) < 4.78 is 7.28. The van der Waals surface area contributed by atoms with Crippen LogP contribution in [0.5, 0.6) is 0 Å². The summed E-state index contributed by atoms with van der Waals surface area (Å²) >= 11 is 3.46. The predicted molar refractivity (Wildman–Crippen MR) is 97.3 cm³/mol. The number of allylic oxidation sites excluding steroid dienone is 1. The average Bonchev–Trinajstić information content (AvgIpc) is 2.37. The van der Waals surface area contributed by atoms with Crippen LogP contribution in [-0.4, -0.2) is 19.9 Å². The van der Waals surface area contributed by atoms with E-state index in [0.717, 1.165) is 29.7 Å². The second kappa shape index (κ2) is 7.70. The van der Waals surface area contributed by atoms with Crippen molar-refractivity contribution in [3.8, 4) is 0 Å². The molecule has 0 aliphatic heterocycles. The SMILES string of the molecule is C=CCCC(CO[Si](C)(C)C(C)(C)C)c1cccc(Br)n1. The van der Waals surface area contributed by atoms with Crippen molar-refractivity contribution in [3.05, 3.63) is 41.2 Å². The molecule has 0 aliphatic carbocycles. The van der Waals surface area contributed by atoms with Crippen LogP contribution in [0.4, 0.5) is 0 Å². The summed E-state index contributed by atoms with van der Waals surface area (Å²) in [6, 6.07) is 6.09. The van der Waals surface area contributed by atoms with Crippen LogP contribution in [0.25, 0.3) is 0 Å². The van der Waals surface area contributed by atoms with Gasteiger partial charge in [-0.15, -0.1) is 6.58 Å². The number of halogens is 1. The molecule has 1 aromatic heterocycles. The van der Waals surface area contributed by atoms with Gasteiger partial charge < -0.3 is 4.43 Å². The van der Waals surface area contributed by atoms with Crippen LogP contribution in [0.3, 0.4) is 0 Å². The van der Waals surface area contributed by atoms with Gasteiger partial charge in [0.1, 0.15) is 4.60 Å². The Bertz CT molecular complexity index is 468. The molecule has 1 atom stereocenters. The molecule has 1 unspecified atom stereocenters. The Hall–Kier alpha value is -0.453. The lowest BCUT2D eigenvalue weighted by atomic mass is 10.00. The van der Waals surface area contributed by atoms with E-state index in [1.807, 2.05) is 18.2 Å². The van der Waals surface area contributed by atoms with Crippen LogP contribution in [0.1, 0.15) is 45.2 Å². The fourth-order valence-corrected chi connectivity index (χ4v) is 3.22. The van der Waals surface area contributed by atoms with Crippen molar-refractivity contribution in [2.24, 2.45) is 0 Å². The van der Waals surface area contributed by atoms with Crippen molar-refractivity contribution >= 4 is 24.2 Å². The van der Waals surface area contributed by atoms with Crippen LogP contribution < -0.4 is 0 Å². The lowest BCUT2D eigenvalue weighted by Gasteiger charge is -2.37. The maximum atomic E-state index is 6.40. The molecule has 1 rings (SSSR count). The van der Waals surface area contributed by atoms with Gasteiger partial charge in [-0.1, -0.05) is 32.9 Å². The molecule has 0 spiro atoms. The predicted octanol–water partition coefficient (Wildman–Crippen LogP) is 5.92. The van der Waals surface area contributed by atoms with Crippen molar-refractivity contribution < 1.29 is 4.43 Å². The summed E-state index contributed by atoms with van der Waals surface area (Å²) in [4.78, 5) is 4.61. The summed E-state index contributed by atoms with van der Waals surface area (Å²) in [6.45, 7) is 16.0. The molecule has 2 nitrogen and oxygen atoms in total. The quantitative estimate of drug-likeness (QED) is 0.338. The molecule has 4 heteroatoms. The van der Waals surface area contributed by atoms with Gasteiger partial charge in [0, 0.05) is 18.2 Å². The normalized spacial score (nSPS) is 14.0. The van der Waals surface area contributed by atoms with Gasteiger partial charge >= 0.3 is 0 Å². The molecular weight excluding hydrogens is 342 g/mol. The first-order valence-electron chi connectivity index (χ1n) is 7.54. The summed E-state index contributed by atoms with van der Waals surface area (Å²) in [5.74, 6) is 0.328. The monoisotopic (exact) mass is 369 g/mol. The van der Waals surface area contributed by atoms with E-state index in [9.17, 15) is 0 Å². The van der Waals surface area contributed by atoms with E-state index in [0.29, 0.717) is 5.92 Å². The summed E-state index contributed by atoms with van der Waals surface area (Å²) in [5.41, 5.74) is 1.10. The van der Waals surface area contributed by atoms with Crippen LogP contribution >= 0.6 is 15.9 Å². The standard InChI is InChI=1S/C17H28BrNOSi/c1-7-8-10-14(15-11-9-12-16(18)19-15)13-20-21(5,6)17(2,3)4/h7,9,11-12,14H,1,8,10,13H2,2-6H3. The fourth-order valence-electron chi connectivity index (χ4n) is 1.81. The number of nitrogens with zero attached hydrogens (tertiary/aromatic N) is 1. The van der Waals surface area contributed by atoms with Crippen LogP contribution in [0.2, 0.25) is 18.1 Å². The zero-order valence-electron chi connectivity index (χ0n) is 13.9. The first-order chi connectivity index (χ1) is 9.67. The second-order valence-corrected chi connectivity index (χ2v) is 12.6. The molecule has 0 N–H and O–H groups in total. The van der Waals surface area contributed by atoms with E-state index in [-0.39, 0.29) is 5.04 Å². The minimum atomic E-state index is -1.72. The molecular formula is C17H28BrNOSi. The van der Waals surface area contributed by atoms with Gasteiger partial charge in [-0.05, 0) is 59.0 Å². The highest BCUT2D eigenvalue weighted by Gasteiger charge is 2.37. The van der Waals surface area contributed by atoms with Gasteiger partial charge in [0.05, 0.1) is 0 Å². The Labute approximate surface area is 139 Å². The van der Waals surface area contributed by atoms with E-state index in [4.69, 9.17) is 4.43 Å². The van der Waals surface area contributed by atoms with Gasteiger partial charge in [0.2, 0.25) is 0 Å². The van der Waals surface area contributed by atoms with Gasteiger partial charge in [0.15, 0.2) is 8.32 Å². The number of hydrogen-bond donors (Lipinski definition) is 0. The summed E-state index contributed by atoms with van der Waals surface area (Å²) in [6.07, 6.45) is 3.98. The van der Waals surface area contributed by atoms with E-state index in [1.165, 1.54) is 0 Å². The molecule has 0 radical (unpaired) electrons. The Kier molecular flexibility index (Phi) is 6.82. The van der Waals surface area contributed by atoms with E-state index < -0.39 is 8.32 Å². The van der Waals surface area contributed by atoms with Crippen LogP contribution in [0.15, 0.2) is 35.5 Å². The topological polar surface area (TPSA) is 22.1 Å². The van der Waals surface area contributed by atoms with Gasteiger partial charge in [-0.3, -0.25) is 0 Å². The molecule has 1 aromatic rings. The smallest absolute Gasteiger partial charge is 0.192 e. The maximum Gasteiger partial charge on any atom is 0.192 e. The van der Waals surface area contributed by atoms with Crippen molar-refractivity contribution in [2.75, 3.05) is 6.61 Å². The fraction of sp³-hybridized carbons (Fsp3) is 0.588. The van der Waals surface area contributed by atoms with Crippen molar-refractivity contribution in [3.63, 3.8) is 0 Å². The van der Waals surface area contributed by atoms with E-state index in [1.54, 1.807) is 0 Å². The molecule has 0 saturated carbocycles. The number of rotatable bonds is 7. The highest BCUT2D eigenvalue weighted by atomic mass is 79.9. The van der Waals surface area contributed by atoms with Gasteiger partial charge in [-0.25, -0.2) is 4.98 Å². The molecule has 1 heterocycles. The number of aromatic nitrogens is 1. The lowest BCUT2D eigenvalue weighted by molar-refractivity contribution is 0.255.